The summed E-state index contributed by atoms with van der Waals surface area (Å²) in [6.07, 6.45) is 0.315. The van der Waals surface area contributed by atoms with Gasteiger partial charge in [-0.3, -0.25) is 0 Å². The number of aromatic nitrogens is 2. The molecule has 1 aliphatic rings. The molecule has 2 rings (SSSR count). The van der Waals surface area contributed by atoms with Crippen molar-refractivity contribution in [3.05, 3.63) is 16.4 Å². The summed E-state index contributed by atoms with van der Waals surface area (Å²) in [7, 11) is 0. The van der Waals surface area contributed by atoms with E-state index >= 15 is 0 Å². The molecule has 0 amide bonds. The van der Waals surface area contributed by atoms with E-state index in [2.05, 4.69) is 9.97 Å². The van der Waals surface area contributed by atoms with Crippen LogP contribution in [0.2, 0.25) is 10.3 Å². The van der Waals surface area contributed by atoms with Crippen LogP contribution < -0.4 is 4.90 Å². The Labute approximate surface area is 105 Å². The van der Waals surface area contributed by atoms with Gasteiger partial charge in [0.15, 0.2) is 0 Å². The van der Waals surface area contributed by atoms with Crippen molar-refractivity contribution in [2.24, 2.45) is 0 Å². The molecule has 88 valence electrons. The fourth-order valence-corrected chi connectivity index (χ4v) is 2.28. The summed E-state index contributed by atoms with van der Waals surface area (Å²) in [6.45, 7) is 5.55. The highest BCUT2D eigenvalue weighted by molar-refractivity contribution is 6.33. The molecule has 0 saturated carbocycles. The highest BCUT2D eigenvalue weighted by Gasteiger charge is 2.24. The minimum Gasteiger partial charge on any atom is -0.372 e. The van der Waals surface area contributed by atoms with Crippen molar-refractivity contribution in [3.8, 4) is 0 Å². The largest absolute Gasteiger partial charge is 0.372 e. The quantitative estimate of drug-likeness (QED) is 0.728. The first-order chi connectivity index (χ1) is 7.54. The topological polar surface area (TPSA) is 38.2 Å². The maximum absolute atomic E-state index is 5.85. The van der Waals surface area contributed by atoms with Crippen molar-refractivity contribution < 1.29 is 4.74 Å². The molecule has 0 N–H and O–H groups in total. The number of nitrogens with zero attached hydrogens (tertiary/aromatic N) is 3. The van der Waals surface area contributed by atoms with Gasteiger partial charge in [-0.15, -0.1) is 0 Å². The van der Waals surface area contributed by atoms with E-state index in [4.69, 9.17) is 27.9 Å². The molecule has 0 spiro atoms. The van der Waals surface area contributed by atoms with Crippen molar-refractivity contribution in [1.82, 2.24) is 9.97 Å². The van der Waals surface area contributed by atoms with E-state index in [1.807, 2.05) is 18.7 Å². The minimum atomic E-state index is 0.158. The molecule has 0 aromatic carbocycles. The lowest BCUT2D eigenvalue weighted by atomic mass is 10.2. The van der Waals surface area contributed by atoms with Gasteiger partial charge in [0.05, 0.1) is 12.2 Å². The molecule has 4 nitrogen and oxygen atoms in total. The Balaban J connectivity index is 2.22. The molecule has 0 bridgehead atoms. The van der Waals surface area contributed by atoms with E-state index in [-0.39, 0.29) is 12.2 Å². The molecule has 0 radical (unpaired) electrons. The number of hydrogen-bond donors (Lipinski definition) is 0. The van der Waals surface area contributed by atoms with Gasteiger partial charge < -0.3 is 9.64 Å². The molecule has 16 heavy (non-hydrogen) atoms. The summed E-state index contributed by atoms with van der Waals surface area (Å²) in [4.78, 5) is 10.4. The Morgan fingerprint density at radius 3 is 2.19 bits per heavy atom. The van der Waals surface area contributed by atoms with Crippen molar-refractivity contribution in [1.29, 1.82) is 0 Å². The van der Waals surface area contributed by atoms with Crippen LogP contribution in [-0.4, -0.2) is 35.3 Å². The lowest BCUT2D eigenvalue weighted by Gasteiger charge is -2.35. The third-order valence-electron chi connectivity index (χ3n) is 2.35. The van der Waals surface area contributed by atoms with Crippen LogP contribution in [0.25, 0.3) is 0 Å². The zero-order chi connectivity index (χ0) is 11.7. The van der Waals surface area contributed by atoms with Crippen LogP contribution in [0.15, 0.2) is 6.07 Å². The van der Waals surface area contributed by atoms with Crippen LogP contribution in [0.1, 0.15) is 13.8 Å². The van der Waals surface area contributed by atoms with Crippen molar-refractivity contribution in [2.75, 3.05) is 18.0 Å². The summed E-state index contributed by atoms with van der Waals surface area (Å²) in [5.41, 5.74) is 0. The molecule has 0 unspecified atom stereocenters. The average molecular weight is 262 g/mol. The number of morpholine rings is 1. The number of halogens is 2. The second-order valence-electron chi connectivity index (χ2n) is 3.98. The highest BCUT2D eigenvalue weighted by atomic mass is 35.5. The smallest absolute Gasteiger partial charge is 0.228 e. The Morgan fingerprint density at radius 2 is 1.69 bits per heavy atom. The molecule has 1 fully saturated rings. The van der Waals surface area contributed by atoms with Crippen molar-refractivity contribution in [2.45, 2.75) is 26.1 Å². The lowest BCUT2D eigenvalue weighted by Crippen LogP contribution is -2.46. The first kappa shape index (κ1) is 11.9. The van der Waals surface area contributed by atoms with Gasteiger partial charge in [0, 0.05) is 19.2 Å². The first-order valence-electron chi connectivity index (χ1n) is 5.15. The van der Waals surface area contributed by atoms with Gasteiger partial charge in [0.1, 0.15) is 10.3 Å². The van der Waals surface area contributed by atoms with Gasteiger partial charge in [-0.2, -0.15) is 0 Å². The van der Waals surface area contributed by atoms with Crippen LogP contribution in [0.4, 0.5) is 5.95 Å². The molecule has 0 aliphatic carbocycles. The SMILES string of the molecule is C[C@@H]1CN(c2nc(Cl)cc(Cl)n2)C[C@H](C)O1. The molecule has 2 heterocycles. The molecule has 1 aliphatic heterocycles. The number of ether oxygens (including phenoxy) is 1. The van der Waals surface area contributed by atoms with Crippen molar-refractivity contribution >= 4 is 29.2 Å². The zero-order valence-corrected chi connectivity index (χ0v) is 10.7. The number of rotatable bonds is 1. The Morgan fingerprint density at radius 1 is 1.19 bits per heavy atom. The predicted molar refractivity (Wildman–Crippen MR) is 64.3 cm³/mol. The summed E-state index contributed by atoms with van der Waals surface area (Å²) in [5, 5.41) is 0.726. The van der Waals surface area contributed by atoms with E-state index in [9.17, 15) is 0 Å². The highest BCUT2D eigenvalue weighted by Crippen LogP contribution is 2.20. The molecule has 6 heteroatoms. The number of anilines is 1. The van der Waals surface area contributed by atoms with Gasteiger partial charge >= 0.3 is 0 Å². The molecule has 1 aromatic heterocycles. The second-order valence-corrected chi connectivity index (χ2v) is 4.75. The summed E-state index contributed by atoms with van der Waals surface area (Å²) in [5.74, 6) is 0.569. The van der Waals surface area contributed by atoms with Gasteiger partial charge in [0.25, 0.3) is 0 Å². The van der Waals surface area contributed by atoms with Gasteiger partial charge in [0.2, 0.25) is 5.95 Å². The first-order valence-corrected chi connectivity index (χ1v) is 5.90. The average Bonchev–Trinajstić information content (AvgIpc) is 2.14. The molecular formula is C10H13Cl2N3O. The normalized spacial score (nSPS) is 25.9. The van der Waals surface area contributed by atoms with Crippen LogP contribution in [0.5, 0.6) is 0 Å². The standard InChI is InChI=1S/C10H13Cl2N3O/c1-6-4-15(5-7(2)16-6)10-13-8(11)3-9(12)14-10/h3,6-7H,4-5H2,1-2H3/t6-,7+. The number of hydrogen-bond acceptors (Lipinski definition) is 4. The third-order valence-corrected chi connectivity index (χ3v) is 2.74. The Hall–Kier alpha value is -0.580. The van der Waals surface area contributed by atoms with Crippen LogP contribution in [-0.2, 0) is 4.74 Å². The third kappa shape index (κ3) is 2.75. The maximum atomic E-state index is 5.85. The summed E-state index contributed by atoms with van der Waals surface area (Å²) in [6, 6.07) is 1.53. The lowest BCUT2D eigenvalue weighted by molar-refractivity contribution is -0.00572. The van der Waals surface area contributed by atoms with Crippen LogP contribution >= 0.6 is 23.2 Å². The van der Waals surface area contributed by atoms with E-state index in [1.165, 1.54) is 6.07 Å². The van der Waals surface area contributed by atoms with Crippen LogP contribution in [0.3, 0.4) is 0 Å². The molecule has 2 atom stereocenters. The zero-order valence-electron chi connectivity index (χ0n) is 9.15. The van der Waals surface area contributed by atoms with Crippen molar-refractivity contribution in [3.63, 3.8) is 0 Å². The van der Waals surface area contributed by atoms with E-state index in [0.29, 0.717) is 16.3 Å². The second kappa shape index (κ2) is 4.73. The fraction of sp³-hybridized carbons (Fsp3) is 0.600. The van der Waals surface area contributed by atoms with Crippen LogP contribution in [0, 0.1) is 0 Å². The molecular weight excluding hydrogens is 249 g/mol. The Bertz CT molecular complexity index is 358. The van der Waals surface area contributed by atoms with E-state index < -0.39 is 0 Å². The fourth-order valence-electron chi connectivity index (χ4n) is 1.86. The van der Waals surface area contributed by atoms with E-state index in [0.717, 1.165) is 13.1 Å². The predicted octanol–water partition coefficient (Wildman–Crippen LogP) is 2.40. The Kier molecular flexibility index (Phi) is 3.52. The van der Waals surface area contributed by atoms with Gasteiger partial charge in [-0.05, 0) is 13.8 Å². The minimum absolute atomic E-state index is 0.158. The van der Waals surface area contributed by atoms with Gasteiger partial charge in [-0.1, -0.05) is 23.2 Å². The molecule has 1 saturated heterocycles. The van der Waals surface area contributed by atoms with E-state index in [1.54, 1.807) is 0 Å². The van der Waals surface area contributed by atoms with Gasteiger partial charge in [-0.25, -0.2) is 9.97 Å². The summed E-state index contributed by atoms with van der Waals surface area (Å²) < 4.78 is 5.64. The maximum Gasteiger partial charge on any atom is 0.228 e. The summed E-state index contributed by atoms with van der Waals surface area (Å²) >= 11 is 11.7. The monoisotopic (exact) mass is 261 g/mol. The molecule has 1 aromatic rings.